The molecular formula is C17H14BrN3O2. The summed E-state index contributed by atoms with van der Waals surface area (Å²) in [6.45, 7) is 1.75. The molecule has 0 bridgehead atoms. The smallest absolute Gasteiger partial charge is 0.267 e. The second kappa shape index (κ2) is 7.47. The first-order chi connectivity index (χ1) is 11.0. The van der Waals surface area contributed by atoms with E-state index in [0.717, 1.165) is 10.2 Å². The van der Waals surface area contributed by atoms with Crippen LogP contribution in [0.1, 0.15) is 5.56 Å². The van der Waals surface area contributed by atoms with Crippen molar-refractivity contribution in [1.29, 1.82) is 5.26 Å². The van der Waals surface area contributed by atoms with Gasteiger partial charge in [0.2, 0.25) is 0 Å². The zero-order valence-corrected chi connectivity index (χ0v) is 13.9. The Labute approximate surface area is 142 Å². The maximum atomic E-state index is 12.2. The molecule has 0 spiro atoms. The molecule has 0 aliphatic heterocycles. The zero-order chi connectivity index (χ0) is 16.8. The lowest BCUT2D eigenvalue weighted by molar-refractivity contribution is -0.112. The number of hydrogen-bond donors (Lipinski definition) is 3. The van der Waals surface area contributed by atoms with Crippen LogP contribution < -0.4 is 10.6 Å². The van der Waals surface area contributed by atoms with Gasteiger partial charge in [-0.25, -0.2) is 0 Å². The lowest BCUT2D eigenvalue weighted by atomic mass is 10.2. The predicted octanol–water partition coefficient (Wildman–Crippen LogP) is 3.92. The van der Waals surface area contributed by atoms with Gasteiger partial charge in [0.05, 0.1) is 0 Å². The highest BCUT2D eigenvalue weighted by atomic mass is 79.9. The molecule has 0 atom stereocenters. The number of benzene rings is 2. The van der Waals surface area contributed by atoms with Gasteiger partial charge in [0.1, 0.15) is 17.4 Å². The van der Waals surface area contributed by atoms with Gasteiger partial charge in [-0.3, -0.25) is 4.79 Å². The Kier molecular flexibility index (Phi) is 5.39. The van der Waals surface area contributed by atoms with E-state index in [-0.39, 0.29) is 11.3 Å². The highest BCUT2D eigenvalue weighted by Crippen LogP contribution is 2.21. The number of anilines is 2. The maximum Gasteiger partial charge on any atom is 0.267 e. The molecular weight excluding hydrogens is 358 g/mol. The summed E-state index contributed by atoms with van der Waals surface area (Å²) in [5, 5.41) is 24.1. The van der Waals surface area contributed by atoms with Crippen LogP contribution in [-0.2, 0) is 4.79 Å². The van der Waals surface area contributed by atoms with Crippen molar-refractivity contribution in [2.45, 2.75) is 6.92 Å². The predicted molar refractivity (Wildman–Crippen MR) is 92.9 cm³/mol. The van der Waals surface area contributed by atoms with Crippen molar-refractivity contribution < 1.29 is 9.90 Å². The van der Waals surface area contributed by atoms with Gasteiger partial charge < -0.3 is 15.7 Å². The van der Waals surface area contributed by atoms with E-state index in [4.69, 9.17) is 5.26 Å². The first kappa shape index (κ1) is 16.6. The Morgan fingerprint density at radius 1 is 1.30 bits per heavy atom. The van der Waals surface area contributed by atoms with Crippen LogP contribution in [0.5, 0.6) is 5.75 Å². The first-order valence-electron chi connectivity index (χ1n) is 6.73. The molecule has 2 aromatic carbocycles. The molecule has 0 radical (unpaired) electrons. The molecule has 0 unspecified atom stereocenters. The number of nitriles is 1. The van der Waals surface area contributed by atoms with Crippen molar-refractivity contribution in [2.75, 3.05) is 10.6 Å². The summed E-state index contributed by atoms with van der Waals surface area (Å²) < 4.78 is 0.888. The van der Waals surface area contributed by atoms with E-state index >= 15 is 0 Å². The number of halogens is 1. The molecule has 6 heteroatoms. The van der Waals surface area contributed by atoms with E-state index in [1.54, 1.807) is 13.0 Å². The zero-order valence-electron chi connectivity index (χ0n) is 12.3. The third-order valence-corrected chi connectivity index (χ3v) is 3.52. The number of carbonyl (C=O) groups is 1. The number of carbonyl (C=O) groups excluding carboxylic acids is 1. The SMILES string of the molecule is Cc1cc(O)ccc1NC(=O)/C(C#N)=C\Nc1cccc(Br)c1. The molecule has 0 fully saturated rings. The largest absolute Gasteiger partial charge is 0.508 e. The molecule has 0 saturated carbocycles. The third kappa shape index (κ3) is 4.59. The Morgan fingerprint density at radius 3 is 2.74 bits per heavy atom. The number of amides is 1. The maximum absolute atomic E-state index is 12.2. The summed E-state index contributed by atoms with van der Waals surface area (Å²) in [4.78, 5) is 12.2. The summed E-state index contributed by atoms with van der Waals surface area (Å²) in [5.41, 5.74) is 1.94. The fourth-order valence-electron chi connectivity index (χ4n) is 1.86. The van der Waals surface area contributed by atoms with E-state index in [2.05, 4.69) is 26.6 Å². The van der Waals surface area contributed by atoms with Crippen LogP contribution in [0, 0.1) is 18.3 Å². The van der Waals surface area contributed by atoms with Crippen LogP contribution in [0.15, 0.2) is 58.7 Å². The van der Waals surface area contributed by atoms with Gasteiger partial charge in [0, 0.05) is 22.0 Å². The number of phenolic OH excluding ortho intramolecular Hbond substituents is 1. The summed E-state index contributed by atoms with van der Waals surface area (Å²) in [6.07, 6.45) is 1.35. The number of aryl methyl sites for hydroxylation is 1. The second-order valence-corrected chi connectivity index (χ2v) is 5.69. The fourth-order valence-corrected chi connectivity index (χ4v) is 2.26. The van der Waals surface area contributed by atoms with Crippen molar-refractivity contribution in [2.24, 2.45) is 0 Å². The molecule has 5 nitrogen and oxygen atoms in total. The highest BCUT2D eigenvalue weighted by molar-refractivity contribution is 9.10. The van der Waals surface area contributed by atoms with E-state index in [1.807, 2.05) is 30.3 Å². The summed E-state index contributed by atoms with van der Waals surface area (Å²) >= 11 is 3.35. The molecule has 0 aliphatic rings. The average molecular weight is 372 g/mol. The van der Waals surface area contributed by atoms with Gasteiger partial charge >= 0.3 is 0 Å². The minimum atomic E-state index is -0.524. The van der Waals surface area contributed by atoms with Crippen LogP contribution >= 0.6 is 15.9 Å². The standard InChI is InChI=1S/C17H14BrN3O2/c1-11-7-15(22)5-6-16(11)21-17(23)12(9-19)10-20-14-4-2-3-13(18)8-14/h2-8,10,20,22H,1H3,(H,21,23)/b12-10-. The molecule has 0 heterocycles. The topological polar surface area (TPSA) is 85.2 Å². The summed E-state index contributed by atoms with van der Waals surface area (Å²) in [7, 11) is 0. The van der Waals surface area contributed by atoms with Crippen LogP contribution in [0.4, 0.5) is 11.4 Å². The van der Waals surface area contributed by atoms with Gasteiger partial charge in [-0.1, -0.05) is 22.0 Å². The lowest BCUT2D eigenvalue weighted by Gasteiger charge is -2.08. The molecule has 23 heavy (non-hydrogen) atoms. The fraction of sp³-hybridized carbons (Fsp3) is 0.0588. The molecule has 0 aliphatic carbocycles. The number of nitrogens with one attached hydrogen (secondary N) is 2. The minimum Gasteiger partial charge on any atom is -0.508 e. The lowest BCUT2D eigenvalue weighted by Crippen LogP contribution is -2.15. The van der Waals surface area contributed by atoms with Gasteiger partial charge in [0.25, 0.3) is 5.91 Å². The summed E-state index contributed by atoms with van der Waals surface area (Å²) in [5.74, 6) is -0.406. The molecule has 2 aromatic rings. The van der Waals surface area contributed by atoms with E-state index < -0.39 is 5.91 Å². The van der Waals surface area contributed by atoms with Crippen LogP contribution in [-0.4, -0.2) is 11.0 Å². The second-order valence-electron chi connectivity index (χ2n) is 4.78. The van der Waals surface area contributed by atoms with Crippen molar-refractivity contribution >= 4 is 33.2 Å². The van der Waals surface area contributed by atoms with E-state index in [9.17, 15) is 9.90 Å². The van der Waals surface area contributed by atoms with E-state index in [0.29, 0.717) is 11.3 Å². The Bertz CT molecular complexity index is 810. The van der Waals surface area contributed by atoms with Crippen molar-refractivity contribution in [3.05, 3.63) is 64.3 Å². The van der Waals surface area contributed by atoms with Crippen LogP contribution in [0.3, 0.4) is 0 Å². The first-order valence-corrected chi connectivity index (χ1v) is 7.52. The Morgan fingerprint density at radius 2 is 2.09 bits per heavy atom. The minimum absolute atomic E-state index is 0.0579. The number of aromatic hydroxyl groups is 1. The van der Waals surface area contributed by atoms with Crippen molar-refractivity contribution in [3.8, 4) is 11.8 Å². The normalized spacial score (nSPS) is 10.7. The average Bonchev–Trinajstić information content (AvgIpc) is 2.51. The molecule has 1 amide bonds. The summed E-state index contributed by atoms with van der Waals surface area (Å²) in [6, 6.07) is 13.8. The number of nitrogens with zero attached hydrogens (tertiary/aromatic N) is 1. The highest BCUT2D eigenvalue weighted by Gasteiger charge is 2.11. The van der Waals surface area contributed by atoms with Crippen LogP contribution in [0.25, 0.3) is 0 Å². The number of rotatable bonds is 4. The quantitative estimate of drug-likeness (QED) is 0.431. The van der Waals surface area contributed by atoms with Gasteiger partial charge in [-0.2, -0.15) is 5.26 Å². The van der Waals surface area contributed by atoms with Gasteiger partial charge in [0.15, 0.2) is 0 Å². The van der Waals surface area contributed by atoms with E-state index in [1.165, 1.54) is 18.3 Å². The molecule has 116 valence electrons. The van der Waals surface area contributed by atoms with Crippen molar-refractivity contribution in [1.82, 2.24) is 0 Å². The Hall–Kier alpha value is -2.78. The molecule has 3 N–H and O–H groups in total. The van der Waals surface area contributed by atoms with Gasteiger partial charge in [-0.05, 0) is 48.9 Å². The molecule has 0 aromatic heterocycles. The monoisotopic (exact) mass is 371 g/mol. The number of phenols is 1. The van der Waals surface area contributed by atoms with Crippen LogP contribution in [0.2, 0.25) is 0 Å². The van der Waals surface area contributed by atoms with Gasteiger partial charge in [-0.15, -0.1) is 0 Å². The molecule has 0 saturated heterocycles. The molecule has 2 rings (SSSR count). The number of hydrogen-bond acceptors (Lipinski definition) is 4. The van der Waals surface area contributed by atoms with Crippen molar-refractivity contribution in [3.63, 3.8) is 0 Å². The third-order valence-electron chi connectivity index (χ3n) is 3.03. The Balaban J connectivity index is 2.12.